The third-order valence-corrected chi connectivity index (χ3v) is 4.07. The van der Waals surface area contributed by atoms with Crippen LogP contribution in [0.3, 0.4) is 0 Å². The highest BCUT2D eigenvalue weighted by Gasteiger charge is 2.02. The van der Waals surface area contributed by atoms with Crippen LogP contribution < -0.4 is 10.7 Å². The Morgan fingerprint density at radius 2 is 1.88 bits per heavy atom. The van der Waals surface area contributed by atoms with Crippen LogP contribution in [0.4, 0.5) is 5.69 Å². The van der Waals surface area contributed by atoms with E-state index >= 15 is 0 Å². The molecule has 0 spiro atoms. The Morgan fingerprint density at radius 3 is 2.75 bits per heavy atom. The van der Waals surface area contributed by atoms with Gasteiger partial charge in [-0.15, -0.1) is 0 Å². The summed E-state index contributed by atoms with van der Waals surface area (Å²) in [6.07, 6.45) is 1.77. The van der Waals surface area contributed by atoms with Crippen LogP contribution in [0, 0.1) is 6.92 Å². The number of benzene rings is 3. The Hall–Kier alpha value is -2.43. The molecule has 0 radical (unpaired) electrons. The summed E-state index contributed by atoms with van der Waals surface area (Å²) in [6, 6.07) is 19.9. The molecule has 0 amide bonds. The number of halogens is 1. The van der Waals surface area contributed by atoms with Crippen molar-refractivity contribution in [2.45, 2.75) is 6.92 Å². The van der Waals surface area contributed by atoms with E-state index in [9.17, 15) is 0 Å². The van der Waals surface area contributed by atoms with E-state index in [2.05, 4.69) is 34.0 Å². The molecule has 0 unspecified atom stereocenters. The number of thiocarbonyl (C=S) groups is 1. The fourth-order valence-corrected chi connectivity index (χ4v) is 2.74. The second-order valence-corrected chi connectivity index (χ2v) is 6.20. The maximum absolute atomic E-state index is 6.01. The van der Waals surface area contributed by atoms with Crippen LogP contribution in [0.15, 0.2) is 65.8 Å². The van der Waals surface area contributed by atoms with Crippen molar-refractivity contribution in [2.75, 3.05) is 5.32 Å². The predicted octanol–water partition coefficient (Wildman–Crippen LogP) is 5.12. The zero-order valence-electron chi connectivity index (χ0n) is 13.1. The van der Waals surface area contributed by atoms with Crippen LogP contribution in [0.5, 0.6) is 0 Å². The second kappa shape index (κ2) is 7.43. The maximum atomic E-state index is 6.01. The summed E-state index contributed by atoms with van der Waals surface area (Å²) in [4.78, 5) is 0. The fourth-order valence-electron chi connectivity index (χ4n) is 2.40. The van der Waals surface area contributed by atoms with Gasteiger partial charge in [0, 0.05) is 16.3 Å². The smallest absolute Gasteiger partial charge is 0.191 e. The minimum Gasteiger partial charge on any atom is -0.331 e. The molecule has 120 valence electrons. The summed E-state index contributed by atoms with van der Waals surface area (Å²) < 4.78 is 0. The molecule has 0 saturated heterocycles. The number of hydrogen-bond acceptors (Lipinski definition) is 2. The summed E-state index contributed by atoms with van der Waals surface area (Å²) in [5.41, 5.74) is 5.79. The van der Waals surface area contributed by atoms with Gasteiger partial charge < -0.3 is 5.32 Å². The molecule has 24 heavy (non-hydrogen) atoms. The van der Waals surface area contributed by atoms with E-state index in [4.69, 9.17) is 23.8 Å². The lowest BCUT2D eigenvalue weighted by molar-refractivity contribution is 1.05. The van der Waals surface area contributed by atoms with Gasteiger partial charge >= 0.3 is 0 Å². The monoisotopic (exact) mass is 353 g/mol. The van der Waals surface area contributed by atoms with Crippen molar-refractivity contribution in [3.8, 4) is 0 Å². The molecule has 0 bridgehead atoms. The van der Waals surface area contributed by atoms with Gasteiger partial charge in [-0.25, -0.2) is 0 Å². The Balaban J connectivity index is 1.69. The van der Waals surface area contributed by atoms with Crippen molar-refractivity contribution < 1.29 is 0 Å². The zero-order chi connectivity index (χ0) is 16.9. The molecule has 0 heterocycles. The van der Waals surface area contributed by atoms with E-state index in [1.54, 1.807) is 6.21 Å². The van der Waals surface area contributed by atoms with Gasteiger partial charge in [0.05, 0.1) is 6.21 Å². The molecule has 0 aliphatic carbocycles. The number of fused-ring (bicyclic) bond motifs is 1. The van der Waals surface area contributed by atoms with Gasteiger partial charge in [0.1, 0.15) is 0 Å². The molecule has 5 heteroatoms. The summed E-state index contributed by atoms with van der Waals surface area (Å²) in [6.45, 7) is 1.99. The molecule has 2 N–H and O–H groups in total. The lowest BCUT2D eigenvalue weighted by Gasteiger charge is -2.10. The average Bonchev–Trinajstić information content (AvgIpc) is 2.58. The van der Waals surface area contributed by atoms with Crippen LogP contribution in [0.25, 0.3) is 10.8 Å². The summed E-state index contributed by atoms with van der Waals surface area (Å²) >= 11 is 11.3. The number of nitrogens with one attached hydrogen (secondary N) is 2. The Labute approximate surface area is 151 Å². The molecule has 0 aliphatic rings. The number of hydrazone groups is 1. The Bertz CT molecular complexity index is 916. The molecular formula is C19H16ClN3S. The van der Waals surface area contributed by atoms with Gasteiger partial charge in [-0.3, -0.25) is 5.43 Å². The summed E-state index contributed by atoms with van der Waals surface area (Å²) in [5, 5.41) is 10.7. The first-order chi connectivity index (χ1) is 11.6. The Kier molecular flexibility index (Phi) is 5.08. The SMILES string of the molecule is Cc1ccc(Cl)cc1NC(=S)NN=Cc1cccc2ccccc12. The Morgan fingerprint density at radius 1 is 1.08 bits per heavy atom. The van der Waals surface area contributed by atoms with Crippen LogP contribution in [-0.2, 0) is 0 Å². The molecule has 0 atom stereocenters. The first kappa shape index (κ1) is 16.4. The number of anilines is 1. The number of rotatable bonds is 3. The van der Waals surface area contributed by atoms with Gasteiger partial charge in [-0.2, -0.15) is 5.10 Å². The number of aryl methyl sites for hydroxylation is 1. The van der Waals surface area contributed by atoms with E-state index in [0.717, 1.165) is 22.2 Å². The third-order valence-electron chi connectivity index (χ3n) is 3.64. The van der Waals surface area contributed by atoms with Crippen molar-refractivity contribution in [1.29, 1.82) is 0 Å². The lowest BCUT2D eigenvalue weighted by Crippen LogP contribution is -2.24. The van der Waals surface area contributed by atoms with E-state index in [1.165, 1.54) is 5.39 Å². The molecule has 3 rings (SSSR count). The molecule has 0 saturated carbocycles. The molecule has 0 aromatic heterocycles. The maximum Gasteiger partial charge on any atom is 0.191 e. The van der Waals surface area contributed by atoms with Gasteiger partial charge in [0.15, 0.2) is 5.11 Å². The van der Waals surface area contributed by atoms with E-state index in [-0.39, 0.29) is 0 Å². The molecule has 3 nitrogen and oxygen atoms in total. The van der Waals surface area contributed by atoms with Gasteiger partial charge in [0.2, 0.25) is 0 Å². The highest BCUT2D eigenvalue weighted by atomic mass is 35.5. The predicted molar refractivity (Wildman–Crippen MR) is 107 cm³/mol. The highest BCUT2D eigenvalue weighted by Crippen LogP contribution is 2.20. The normalized spacial score (nSPS) is 10.9. The van der Waals surface area contributed by atoms with Crippen LogP contribution in [0.1, 0.15) is 11.1 Å². The lowest BCUT2D eigenvalue weighted by atomic mass is 10.1. The number of nitrogens with zero attached hydrogens (tertiary/aromatic N) is 1. The molecular weight excluding hydrogens is 338 g/mol. The minimum atomic E-state index is 0.414. The van der Waals surface area contributed by atoms with Crippen LogP contribution in [-0.4, -0.2) is 11.3 Å². The van der Waals surface area contributed by atoms with Crippen molar-refractivity contribution in [3.05, 3.63) is 76.8 Å². The highest BCUT2D eigenvalue weighted by molar-refractivity contribution is 7.80. The van der Waals surface area contributed by atoms with Gasteiger partial charge in [0.25, 0.3) is 0 Å². The molecule has 3 aromatic carbocycles. The quantitative estimate of drug-likeness (QED) is 0.389. The second-order valence-electron chi connectivity index (χ2n) is 5.35. The average molecular weight is 354 g/mol. The summed E-state index contributed by atoms with van der Waals surface area (Å²) in [5.74, 6) is 0. The minimum absolute atomic E-state index is 0.414. The van der Waals surface area contributed by atoms with E-state index in [0.29, 0.717) is 10.1 Å². The van der Waals surface area contributed by atoms with Crippen molar-refractivity contribution in [2.24, 2.45) is 5.10 Å². The fraction of sp³-hybridized carbons (Fsp3) is 0.0526. The van der Waals surface area contributed by atoms with Crippen molar-refractivity contribution >= 4 is 51.6 Å². The molecule has 0 fully saturated rings. The summed E-state index contributed by atoms with van der Waals surface area (Å²) in [7, 11) is 0. The first-order valence-electron chi connectivity index (χ1n) is 7.47. The standard InChI is InChI=1S/C19H16ClN3S/c1-13-9-10-16(20)11-18(13)22-19(24)23-21-12-15-7-4-6-14-5-2-3-8-17(14)15/h2-12H,1H3,(H2,22,23,24). The van der Waals surface area contributed by atoms with Crippen LogP contribution in [0.2, 0.25) is 5.02 Å². The van der Waals surface area contributed by atoms with Crippen molar-refractivity contribution in [1.82, 2.24) is 5.43 Å². The topological polar surface area (TPSA) is 36.4 Å². The third kappa shape index (κ3) is 3.91. The zero-order valence-corrected chi connectivity index (χ0v) is 14.7. The molecule has 3 aromatic rings. The van der Waals surface area contributed by atoms with E-state index in [1.807, 2.05) is 49.4 Å². The number of hydrogen-bond donors (Lipinski definition) is 2. The molecule has 0 aliphatic heterocycles. The van der Waals surface area contributed by atoms with Gasteiger partial charge in [-0.1, -0.05) is 60.1 Å². The first-order valence-corrected chi connectivity index (χ1v) is 8.26. The van der Waals surface area contributed by atoms with Crippen LogP contribution >= 0.6 is 23.8 Å². The van der Waals surface area contributed by atoms with Gasteiger partial charge in [-0.05, 0) is 47.6 Å². The largest absolute Gasteiger partial charge is 0.331 e. The van der Waals surface area contributed by atoms with Crippen molar-refractivity contribution in [3.63, 3.8) is 0 Å². The van der Waals surface area contributed by atoms with E-state index < -0.39 is 0 Å².